The first-order valence-electron chi connectivity index (χ1n) is 5.91. The van der Waals surface area contributed by atoms with E-state index in [0.29, 0.717) is 19.0 Å². The molecule has 0 saturated heterocycles. The van der Waals surface area contributed by atoms with Crippen molar-refractivity contribution in [2.24, 2.45) is 0 Å². The molecule has 98 valence electrons. The molecule has 3 rings (SSSR count). The second-order valence-corrected chi connectivity index (χ2v) is 5.32. The summed E-state index contributed by atoms with van der Waals surface area (Å²) < 4.78 is 7.95. The van der Waals surface area contributed by atoms with Crippen LogP contribution in [0.15, 0.2) is 33.5 Å². The van der Waals surface area contributed by atoms with E-state index in [1.807, 2.05) is 12.1 Å². The van der Waals surface area contributed by atoms with E-state index in [0.717, 1.165) is 27.8 Å². The fourth-order valence-corrected chi connectivity index (χ4v) is 2.76. The van der Waals surface area contributed by atoms with Crippen molar-refractivity contribution < 1.29 is 4.74 Å². The summed E-state index contributed by atoms with van der Waals surface area (Å²) >= 11 is 3.47. The van der Waals surface area contributed by atoms with E-state index in [9.17, 15) is 4.79 Å². The summed E-state index contributed by atoms with van der Waals surface area (Å²) in [6.07, 6.45) is 0.890. The molecule has 1 aromatic carbocycles. The molecule has 0 spiro atoms. The van der Waals surface area contributed by atoms with E-state index in [1.54, 1.807) is 0 Å². The van der Waals surface area contributed by atoms with E-state index in [-0.39, 0.29) is 5.56 Å². The van der Waals surface area contributed by atoms with Gasteiger partial charge in [0.15, 0.2) is 0 Å². The predicted octanol–water partition coefficient (Wildman–Crippen LogP) is 1.57. The zero-order valence-electron chi connectivity index (χ0n) is 10.1. The lowest BCUT2D eigenvalue weighted by atomic mass is 10.1. The molecule has 0 saturated carbocycles. The van der Waals surface area contributed by atoms with Gasteiger partial charge < -0.3 is 10.5 Å². The first kappa shape index (κ1) is 12.2. The van der Waals surface area contributed by atoms with Gasteiger partial charge in [0.25, 0.3) is 5.56 Å². The molecule has 19 heavy (non-hydrogen) atoms. The Morgan fingerprint density at radius 2 is 2.26 bits per heavy atom. The van der Waals surface area contributed by atoms with Crippen LogP contribution in [0.4, 0.5) is 5.82 Å². The summed E-state index contributed by atoms with van der Waals surface area (Å²) in [6.45, 7) is 1.03. The Hall–Kier alpha value is -1.82. The number of nitrogen functional groups attached to an aromatic ring is 1. The lowest BCUT2D eigenvalue weighted by Gasteiger charge is -2.10. The summed E-state index contributed by atoms with van der Waals surface area (Å²) in [5, 5.41) is 4.03. The molecule has 0 unspecified atom stereocenters. The molecule has 1 aromatic heterocycles. The zero-order valence-corrected chi connectivity index (χ0v) is 11.7. The maximum atomic E-state index is 11.8. The topological polar surface area (TPSA) is 70.1 Å². The maximum Gasteiger partial charge on any atom is 0.267 e. The molecule has 0 fully saturated rings. The highest BCUT2D eigenvalue weighted by atomic mass is 79.9. The Morgan fingerprint density at radius 1 is 1.42 bits per heavy atom. The van der Waals surface area contributed by atoms with E-state index < -0.39 is 0 Å². The molecular weight excluding hydrogens is 310 g/mol. The number of rotatable bonds is 2. The Balaban J connectivity index is 2.04. The van der Waals surface area contributed by atoms with Crippen LogP contribution in [-0.4, -0.2) is 16.4 Å². The third-order valence-electron chi connectivity index (χ3n) is 3.03. The van der Waals surface area contributed by atoms with E-state index >= 15 is 0 Å². The first-order valence-corrected chi connectivity index (χ1v) is 6.70. The van der Waals surface area contributed by atoms with Crippen molar-refractivity contribution in [1.82, 2.24) is 9.78 Å². The second-order valence-electron chi connectivity index (χ2n) is 4.41. The Bertz CT molecular complexity index is 697. The normalized spacial score (nSPS) is 13.1. The smallest absolute Gasteiger partial charge is 0.267 e. The van der Waals surface area contributed by atoms with Gasteiger partial charge in [-0.25, -0.2) is 4.68 Å². The summed E-state index contributed by atoms with van der Waals surface area (Å²) in [5.74, 6) is 1.19. The first-order chi connectivity index (χ1) is 9.13. The third-order valence-corrected chi connectivity index (χ3v) is 3.49. The minimum Gasteiger partial charge on any atom is -0.493 e. The Kier molecular flexibility index (Phi) is 3.02. The lowest BCUT2D eigenvalue weighted by Crippen LogP contribution is -2.23. The van der Waals surface area contributed by atoms with Gasteiger partial charge in [-0.2, -0.15) is 5.10 Å². The number of fused-ring (bicyclic) bond motifs is 1. The van der Waals surface area contributed by atoms with Gasteiger partial charge in [-0.15, -0.1) is 0 Å². The summed E-state index contributed by atoms with van der Waals surface area (Å²) in [6, 6.07) is 6.91. The number of halogens is 1. The number of hydrogen-bond donors (Lipinski definition) is 1. The van der Waals surface area contributed by atoms with Crippen LogP contribution in [0.5, 0.6) is 5.75 Å². The Morgan fingerprint density at radius 3 is 3.11 bits per heavy atom. The number of nitrogens with zero attached hydrogens (tertiary/aromatic N) is 2. The summed E-state index contributed by atoms with van der Waals surface area (Å²) in [7, 11) is 0. The van der Waals surface area contributed by atoms with Crippen LogP contribution in [0.1, 0.15) is 11.1 Å². The molecule has 2 heterocycles. The molecule has 0 amide bonds. The van der Waals surface area contributed by atoms with Crippen molar-refractivity contribution >= 4 is 21.7 Å². The van der Waals surface area contributed by atoms with Crippen LogP contribution in [-0.2, 0) is 13.0 Å². The molecule has 0 aliphatic carbocycles. The van der Waals surface area contributed by atoms with Crippen LogP contribution in [0.2, 0.25) is 0 Å². The number of ether oxygens (including phenoxy) is 1. The van der Waals surface area contributed by atoms with E-state index in [4.69, 9.17) is 10.5 Å². The molecule has 2 N–H and O–H groups in total. The minimum absolute atomic E-state index is 0.180. The number of aromatic nitrogens is 2. The molecule has 1 aliphatic rings. The highest BCUT2D eigenvalue weighted by Crippen LogP contribution is 2.33. The SMILES string of the molecule is Nc1ccc(=O)n(Cc2cc(Br)cc3c2OCC3)n1. The van der Waals surface area contributed by atoms with Crippen molar-refractivity contribution in [1.29, 1.82) is 0 Å². The average molecular weight is 322 g/mol. The van der Waals surface area contributed by atoms with E-state index in [1.165, 1.54) is 16.8 Å². The maximum absolute atomic E-state index is 11.8. The molecule has 2 aromatic rings. The second kappa shape index (κ2) is 4.70. The van der Waals surface area contributed by atoms with Gasteiger partial charge in [-0.3, -0.25) is 4.79 Å². The van der Waals surface area contributed by atoms with Crippen molar-refractivity contribution in [2.45, 2.75) is 13.0 Å². The lowest BCUT2D eigenvalue weighted by molar-refractivity contribution is 0.352. The van der Waals surface area contributed by atoms with Crippen LogP contribution >= 0.6 is 15.9 Å². The molecular formula is C13H12BrN3O2. The third kappa shape index (κ3) is 2.35. The molecule has 0 atom stereocenters. The van der Waals surface area contributed by atoms with Gasteiger partial charge in [0, 0.05) is 22.5 Å². The predicted molar refractivity (Wildman–Crippen MR) is 75.4 cm³/mol. The van der Waals surface area contributed by atoms with Gasteiger partial charge in [0.05, 0.1) is 13.2 Å². The summed E-state index contributed by atoms with van der Waals surface area (Å²) in [4.78, 5) is 11.8. The molecule has 0 radical (unpaired) electrons. The van der Waals surface area contributed by atoms with Gasteiger partial charge in [0.1, 0.15) is 11.6 Å². The number of benzene rings is 1. The van der Waals surface area contributed by atoms with E-state index in [2.05, 4.69) is 21.0 Å². The van der Waals surface area contributed by atoms with Crippen LogP contribution in [0, 0.1) is 0 Å². The number of nitrogens with two attached hydrogens (primary N) is 1. The fraction of sp³-hybridized carbons (Fsp3) is 0.231. The van der Waals surface area contributed by atoms with Crippen LogP contribution in [0.25, 0.3) is 0 Å². The molecule has 0 bridgehead atoms. The van der Waals surface area contributed by atoms with Gasteiger partial charge in [-0.1, -0.05) is 15.9 Å². The van der Waals surface area contributed by atoms with Crippen molar-refractivity contribution in [2.75, 3.05) is 12.3 Å². The zero-order chi connectivity index (χ0) is 13.4. The molecule has 6 heteroatoms. The highest BCUT2D eigenvalue weighted by molar-refractivity contribution is 9.10. The number of hydrogen-bond acceptors (Lipinski definition) is 4. The fourth-order valence-electron chi connectivity index (χ4n) is 2.20. The number of anilines is 1. The van der Waals surface area contributed by atoms with Crippen LogP contribution < -0.4 is 16.0 Å². The highest BCUT2D eigenvalue weighted by Gasteiger charge is 2.18. The quantitative estimate of drug-likeness (QED) is 0.911. The van der Waals surface area contributed by atoms with Crippen LogP contribution in [0.3, 0.4) is 0 Å². The van der Waals surface area contributed by atoms with Gasteiger partial charge in [0.2, 0.25) is 0 Å². The monoisotopic (exact) mass is 321 g/mol. The van der Waals surface area contributed by atoms with Gasteiger partial charge in [-0.05, 0) is 23.8 Å². The standard InChI is InChI=1S/C13H12BrN3O2/c14-10-5-8-3-4-19-13(8)9(6-10)7-17-12(18)2-1-11(15)16-17/h1-2,5-6H,3-4,7H2,(H2,15,16). The van der Waals surface area contributed by atoms with Crippen molar-refractivity contribution in [3.05, 3.63) is 50.2 Å². The Labute approximate surface area is 118 Å². The molecule has 5 nitrogen and oxygen atoms in total. The van der Waals surface area contributed by atoms with Gasteiger partial charge >= 0.3 is 0 Å². The van der Waals surface area contributed by atoms with Crippen molar-refractivity contribution in [3.8, 4) is 5.75 Å². The largest absolute Gasteiger partial charge is 0.493 e. The summed E-state index contributed by atoms with van der Waals surface area (Å²) in [5.41, 5.74) is 7.52. The minimum atomic E-state index is -0.180. The average Bonchev–Trinajstić information content (AvgIpc) is 2.82. The van der Waals surface area contributed by atoms with Crippen molar-refractivity contribution in [3.63, 3.8) is 0 Å². The molecule has 1 aliphatic heterocycles.